The third kappa shape index (κ3) is 4.23. The number of carbonyl (C=O) groups excluding carboxylic acids is 1. The van der Waals surface area contributed by atoms with Crippen molar-refractivity contribution in [2.24, 2.45) is 5.92 Å². The van der Waals surface area contributed by atoms with Gasteiger partial charge in [0.2, 0.25) is 10.0 Å². The number of ketones is 1. The minimum atomic E-state index is -3.81. The Kier molecular flexibility index (Phi) is 5.51. The van der Waals surface area contributed by atoms with Crippen molar-refractivity contribution in [3.8, 4) is 0 Å². The average Bonchev–Trinajstić information content (AvgIpc) is 2.84. The van der Waals surface area contributed by atoms with Crippen molar-refractivity contribution in [2.75, 3.05) is 18.1 Å². The molecule has 1 aliphatic rings. The van der Waals surface area contributed by atoms with Crippen molar-refractivity contribution in [1.82, 2.24) is 4.31 Å². The zero-order chi connectivity index (χ0) is 18.1. The molecule has 6 nitrogen and oxygen atoms in total. The molecule has 0 aliphatic carbocycles. The Morgan fingerprint density at radius 1 is 1.25 bits per heavy atom. The molecule has 1 saturated heterocycles. The average molecular weight is 373 g/mol. The number of benzene rings is 1. The molecule has 0 bridgehead atoms. The third-order valence-corrected chi connectivity index (χ3v) is 7.71. The summed E-state index contributed by atoms with van der Waals surface area (Å²) < 4.78 is 50.8. The molecule has 1 aliphatic heterocycles. The van der Waals surface area contributed by atoms with Crippen LogP contribution in [-0.4, -0.2) is 51.0 Å². The lowest BCUT2D eigenvalue weighted by Gasteiger charge is -2.29. The number of nitrogens with zero attached hydrogens (tertiary/aromatic N) is 1. The lowest BCUT2D eigenvalue weighted by atomic mass is 10.2. The Bertz CT molecular complexity index is 811. The Labute approximate surface area is 143 Å². The maximum absolute atomic E-state index is 13.0. The first-order valence-electron chi connectivity index (χ1n) is 7.86. The highest BCUT2D eigenvalue weighted by atomic mass is 32.2. The van der Waals surface area contributed by atoms with E-state index in [-0.39, 0.29) is 34.6 Å². The number of Topliss-reactive ketones (excluding diaryl/α,β-unsaturated/α-hetero) is 1. The molecule has 24 heavy (non-hydrogen) atoms. The van der Waals surface area contributed by atoms with Gasteiger partial charge in [-0.25, -0.2) is 16.8 Å². The molecule has 1 heterocycles. The molecule has 0 aromatic heterocycles. The first kappa shape index (κ1) is 19.1. The topological polar surface area (TPSA) is 88.6 Å². The highest BCUT2D eigenvalue weighted by Gasteiger charge is 2.38. The first-order valence-corrected chi connectivity index (χ1v) is 11.1. The van der Waals surface area contributed by atoms with Crippen molar-refractivity contribution < 1.29 is 21.6 Å². The van der Waals surface area contributed by atoms with Gasteiger partial charge in [-0.1, -0.05) is 26.0 Å². The summed E-state index contributed by atoms with van der Waals surface area (Å²) >= 11 is 0. The Hall–Kier alpha value is -1.25. The lowest BCUT2D eigenvalue weighted by molar-refractivity contribution is 0.101. The van der Waals surface area contributed by atoms with E-state index in [0.717, 1.165) is 0 Å². The van der Waals surface area contributed by atoms with Gasteiger partial charge in [0.05, 0.1) is 16.4 Å². The van der Waals surface area contributed by atoms with Crippen molar-refractivity contribution >= 4 is 25.6 Å². The third-order valence-electron chi connectivity index (χ3n) is 4.03. The van der Waals surface area contributed by atoms with Crippen LogP contribution >= 0.6 is 0 Å². The summed E-state index contributed by atoms with van der Waals surface area (Å²) in [5.74, 6) is -0.186. The van der Waals surface area contributed by atoms with Gasteiger partial charge < -0.3 is 0 Å². The van der Waals surface area contributed by atoms with Gasteiger partial charge in [0.1, 0.15) is 0 Å². The Balaban J connectivity index is 2.38. The van der Waals surface area contributed by atoms with E-state index in [9.17, 15) is 21.6 Å². The lowest BCUT2D eigenvalue weighted by Crippen LogP contribution is -2.43. The van der Waals surface area contributed by atoms with E-state index in [0.29, 0.717) is 12.0 Å². The number of rotatable bonds is 6. The van der Waals surface area contributed by atoms with Crippen LogP contribution in [-0.2, 0) is 19.9 Å². The van der Waals surface area contributed by atoms with E-state index in [1.54, 1.807) is 0 Å². The molecule has 8 heteroatoms. The van der Waals surface area contributed by atoms with Gasteiger partial charge in [-0.05, 0) is 31.4 Å². The fourth-order valence-electron chi connectivity index (χ4n) is 2.80. The van der Waals surface area contributed by atoms with Gasteiger partial charge in [-0.2, -0.15) is 4.31 Å². The van der Waals surface area contributed by atoms with Gasteiger partial charge in [0.15, 0.2) is 15.6 Å². The van der Waals surface area contributed by atoms with Crippen LogP contribution in [0.25, 0.3) is 0 Å². The van der Waals surface area contributed by atoms with Crippen LogP contribution in [0.4, 0.5) is 0 Å². The fraction of sp³-hybridized carbons (Fsp3) is 0.562. The normalized spacial score (nSPS) is 20.6. The molecule has 1 aromatic rings. The van der Waals surface area contributed by atoms with Gasteiger partial charge in [-0.15, -0.1) is 0 Å². The van der Waals surface area contributed by atoms with Crippen molar-refractivity contribution in [2.45, 2.75) is 38.1 Å². The fourth-order valence-corrected chi connectivity index (χ4v) is 6.45. The highest BCUT2D eigenvalue weighted by molar-refractivity contribution is 7.92. The summed E-state index contributed by atoms with van der Waals surface area (Å²) in [4.78, 5) is 11.4. The van der Waals surface area contributed by atoms with E-state index >= 15 is 0 Å². The summed E-state index contributed by atoms with van der Waals surface area (Å²) in [6.07, 6.45) is 0.319. The van der Waals surface area contributed by atoms with Crippen molar-refractivity contribution in [3.05, 3.63) is 29.8 Å². The maximum Gasteiger partial charge on any atom is 0.243 e. The summed E-state index contributed by atoms with van der Waals surface area (Å²) in [5.41, 5.74) is 0.438. The van der Waals surface area contributed by atoms with Crippen molar-refractivity contribution in [3.63, 3.8) is 0 Å². The SMILES string of the molecule is CC(=O)c1ccc(S(=O)(=O)N(CC(C)C)[C@H]2CCS(=O)(=O)C2)cc1. The summed E-state index contributed by atoms with van der Waals surface area (Å²) in [5, 5.41) is 0. The van der Waals surface area contributed by atoms with Gasteiger partial charge in [-0.3, -0.25) is 4.79 Å². The van der Waals surface area contributed by atoms with E-state index in [4.69, 9.17) is 0 Å². The molecule has 0 unspecified atom stereocenters. The number of hydrogen-bond acceptors (Lipinski definition) is 5. The van der Waals surface area contributed by atoms with Crippen molar-refractivity contribution in [1.29, 1.82) is 0 Å². The van der Waals surface area contributed by atoms with E-state index in [1.165, 1.54) is 35.5 Å². The minimum Gasteiger partial charge on any atom is -0.295 e. The van der Waals surface area contributed by atoms with Crippen LogP contribution in [0.2, 0.25) is 0 Å². The Morgan fingerprint density at radius 2 is 1.83 bits per heavy atom. The molecule has 0 spiro atoms. The van der Waals surface area contributed by atoms with Gasteiger partial charge in [0, 0.05) is 18.2 Å². The van der Waals surface area contributed by atoms with E-state index < -0.39 is 25.9 Å². The molecule has 1 fully saturated rings. The number of carbonyl (C=O) groups is 1. The molecule has 134 valence electrons. The summed E-state index contributed by atoms with van der Waals surface area (Å²) in [7, 11) is -7.00. The predicted molar refractivity (Wildman–Crippen MR) is 92.2 cm³/mol. The van der Waals surface area contributed by atoms with Gasteiger partial charge >= 0.3 is 0 Å². The van der Waals surface area contributed by atoms with Crippen LogP contribution in [0.15, 0.2) is 29.2 Å². The Morgan fingerprint density at radius 3 is 2.25 bits per heavy atom. The highest BCUT2D eigenvalue weighted by Crippen LogP contribution is 2.26. The second-order valence-electron chi connectivity index (χ2n) is 6.61. The monoisotopic (exact) mass is 373 g/mol. The second kappa shape index (κ2) is 6.93. The first-order chi connectivity index (χ1) is 11.0. The number of sulfonamides is 1. The number of hydrogen-bond donors (Lipinski definition) is 0. The summed E-state index contributed by atoms with van der Waals surface area (Å²) in [6.45, 7) is 5.46. The molecular formula is C16H23NO5S2. The molecule has 1 atom stereocenters. The van der Waals surface area contributed by atoms with Gasteiger partial charge in [0.25, 0.3) is 0 Å². The van der Waals surface area contributed by atoms with Crippen LogP contribution < -0.4 is 0 Å². The second-order valence-corrected chi connectivity index (χ2v) is 10.7. The zero-order valence-corrected chi connectivity index (χ0v) is 15.7. The molecule has 1 aromatic carbocycles. The van der Waals surface area contributed by atoms with E-state index in [2.05, 4.69) is 0 Å². The molecule has 0 amide bonds. The predicted octanol–water partition coefficient (Wildman–Crippen LogP) is 1.72. The van der Waals surface area contributed by atoms with Crippen LogP contribution in [0.5, 0.6) is 0 Å². The smallest absolute Gasteiger partial charge is 0.243 e. The van der Waals surface area contributed by atoms with Crippen LogP contribution in [0.1, 0.15) is 37.6 Å². The summed E-state index contributed by atoms with van der Waals surface area (Å²) in [6, 6.07) is 5.24. The molecule has 0 saturated carbocycles. The molecule has 0 N–H and O–H groups in total. The minimum absolute atomic E-state index is 0.0189. The van der Waals surface area contributed by atoms with Crippen LogP contribution in [0, 0.1) is 5.92 Å². The molecule has 2 rings (SSSR count). The number of sulfone groups is 1. The maximum atomic E-state index is 13.0. The molecule has 0 radical (unpaired) electrons. The zero-order valence-electron chi connectivity index (χ0n) is 14.1. The largest absolute Gasteiger partial charge is 0.295 e. The molecular weight excluding hydrogens is 350 g/mol. The standard InChI is InChI=1S/C16H23NO5S2/c1-12(2)10-17(15-8-9-23(19,20)11-15)24(21,22)16-6-4-14(5-7-16)13(3)18/h4-7,12,15H,8-11H2,1-3H3/t15-/m0/s1. The quantitative estimate of drug-likeness (QED) is 0.709. The van der Waals surface area contributed by atoms with E-state index in [1.807, 2.05) is 13.8 Å². The van der Waals surface area contributed by atoms with Crippen LogP contribution in [0.3, 0.4) is 0 Å².